The number of rotatable bonds is 5. The highest BCUT2D eigenvalue weighted by atomic mass is 32.2. The maximum absolute atomic E-state index is 10.9. The highest BCUT2D eigenvalue weighted by molar-refractivity contribution is 7.85. The predicted molar refractivity (Wildman–Crippen MR) is 81.1 cm³/mol. The molecule has 0 spiro atoms. The number of hydrogen-bond acceptors (Lipinski definition) is 3. The van der Waals surface area contributed by atoms with Crippen LogP contribution in [0.5, 0.6) is 5.75 Å². The van der Waals surface area contributed by atoms with Crippen molar-refractivity contribution in [1.82, 2.24) is 0 Å². The molecule has 2 aromatic carbocycles. The third-order valence-corrected chi connectivity index (χ3v) is 4.04. The Morgan fingerprint density at radius 1 is 1.00 bits per heavy atom. The first-order valence-electron chi connectivity index (χ1n) is 6.65. The molecule has 0 aromatic heterocycles. The molecule has 5 heteroatoms. The van der Waals surface area contributed by atoms with E-state index < -0.39 is 10.1 Å². The fourth-order valence-corrected chi connectivity index (χ4v) is 2.35. The number of hydrogen-bond donors (Lipinski definition) is 1. The molecule has 0 aliphatic heterocycles. The topological polar surface area (TPSA) is 63.6 Å². The largest absolute Gasteiger partial charge is 0.489 e. The Kier molecular flexibility index (Phi) is 4.65. The monoisotopic (exact) mass is 306 g/mol. The lowest BCUT2D eigenvalue weighted by Crippen LogP contribution is -1.99. The van der Waals surface area contributed by atoms with Crippen LogP contribution in [-0.4, -0.2) is 13.0 Å². The average molecular weight is 306 g/mol. The molecule has 0 saturated heterocycles. The van der Waals surface area contributed by atoms with E-state index in [0.717, 1.165) is 5.56 Å². The minimum atomic E-state index is -4.16. The summed E-state index contributed by atoms with van der Waals surface area (Å²) in [6.07, 6.45) is 0. The highest BCUT2D eigenvalue weighted by Gasteiger charge is 2.08. The van der Waals surface area contributed by atoms with E-state index in [0.29, 0.717) is 18.3 Å². The van der Waals surface area contributed by atoms with Gasteiger partial charge >= 0.3 is 0 Å². The molecule has 0 bridgehead atoms. The van der Waals surface area contributed by atoms with E-state index in [1.54, 1.807) is 0 Å². The van der Waals surface area contributed by atoms with Gasteiger partial charge in [-0.1, -0.05) is 38.1 Å². The summed E-state index contributed by atoms with van der Waals surface area (Å²) in [5.74, 6) is 1.04. The van der Waals surface area contributed by atoms with E-state index in [9.17, 15) is 8.42 Å². The lowest BCUT2D eigenvalue weighted by molar-refractivity contribution is 0.306. The minimum absolute atomic E-state index is 0.142. The van der Waals surface area contributed by atoms with Gasteiger partial charge in [0.25, 0.3) is 10.1 Å². The minimum Gasteiger partial charge on any atom is -0.489 e. The van der Waals surface area contributed by atoms with Crippen molar-refractivity contribution in [2.24, 2.45) is 0 Å². The quantitative estimate of drug-likeness (QED) is 0.857. The Morgan fingerprint density at radius 2 is 1.57 bits per heavy atom. The van der Waals surface area contributed by atoms with E-state index in [1.165, 1.54) is 29.8 Å². The van der Waals surface area contributed by atoms with Gasteiger partial charge in [-0.05, 0) is 41.3 Å². The Labute approximate surface area is 125 Å². The summed E-state index contributed by atoms with van der Waals surface area (Å²) < 4.78 is 36.3. The summed E-state index contributed by atoms with van der Waals surface area (Å²) in [7, 11) is -4.16. The van der Waals surface area contributed by atoms with Crippen LogP contribution in [0.1, 0.15) is 30.9 Å². The average Bonchev–Trinajstić information content (AvgIpc) is 2.45. The molecule has 4 nitrogen and oxygen atoms in total. The van der Waals surface area contributed by atoms with Gasteiger partial charge in [0.1, 0.15) is 12.4 Å². The lowest BCUT2D eigenvalue weighted by atomic mass is 10.0. The standard InChI is InChI=1S/C16H18O4S/c1-12(2)14-5-3-13(4-6-14)11-20-15-7-9-16(10-8-15)21(17,18)19/h3-10,12H,11H2,1-2H3,(H,17,18,19). The van der Waals surface area contributed by atoms with Crippen LogP contribution < -0.4 is 4.74 Å². The molecular formula is C16H18O4S. The third kappa shape index (κ3) is 4.31. The van der Waals surface area contributed by atoms with Crippen molar-refractivity contribution in [3.63, 3.8) is 0 Å². The summed E-state index contributed by atoms with van der Waals surface area (Å²) in [6.45, 7) is 4.69. The van der Waals surface area contributed by atoms with Crippen molar-refractivity contribution in [2.75, 3.05) is 0 Å². The Hall–Kier alpha value is -1.85. The molecule has 112 valence electrons. The second-order valence-corrected chi connectivity index (χ2v) is 6.55. The summed E-state index contributed by atoms with van der Waals surface area (Å²) in [5, 5.41) is 0. The Bertz CT molecular complexity index is 686. The highest BCUT2D eigenvalue weighted by Crippen LogP contribution is 2.18. The van der Waals surface area contributed by atoms with E-state index >= 15 is 0 Å². The van der Waals surface area contributed by atoms with Crippen LogP contribution in [0.15, 0.2) is 53.4 Å². The summed E-state index contributed by atoms with van der Waals surface area (Å²) in [5.41, 5.74) is 2.31. The van der Waals surface area contributed by atoms with Crippen LogP contribution >= 0.6 is 0 Å². The van der Waals surface area contributed by atoms with Crippen LogP contribution in [0.3, 0.4) is 0 Å². The van der Waals surface area contributed by atoms with Gasteiger partial charge in [-0.15, -0.1) is 0 Å². The zero-order valence-electron chi connectivity index (χ0n) is 12.0. The van der Waals surface area contributed by atoms with Gasteiger partial charge in [0.15, 0.2) is 0 Å². The van der Waals surface area contributed by atoms with Gasteiger partial charge in [-0.3, -0.25) is 4.55 Å². The normalized spacial score (nSPS) is 11.6. The van der Waals surface area contributed by atoms with Crippen LogP contribution in [-0.2, 0) is 16.7 Å². The van der Waals surface area contributed by atoms with Gasteiger partial charge in [-0.2, -0.15) is 8.42 Å². The van der Waals surface area contributed by atoms with Crippen molar-refractivity contribution in [2.45, 2.75) is 31.3 Å². The third-order valence-electron chi connectivity index (χ3n) is 3.17. The van der Waals surface area contributed by atoms with Crippen LogP contribution in [0, 0.1) is 0 Å². The van der Waals surface area contributed by atoms with Gasteiger partial charge in [0, 0.05) is 0 Å². The molecule has 2 rings (SSSR count). The van der Waals surface area contributed by atoms with Gasteiger partial charge in [0.05, 0.1) is 4.90 Å². The summed E-state index contributed by atoms with van der Waals surface area (Å²) >= 11 is 0. The van der Waals surface area contributed by atoms with Gasteiger partial charge in [-0.25, -0.2) is 0 Å². The van der Waals surface area contributed by atoms with E-state index in [4.69, 9.17) is 9.29 Å². The molecule has 0 aliphatic rings. The molecule has 0 fully saturated rings. The fraction of sp³-hybridized carbons (Fsp3) is 0.250. The predicted octanol–water partition coefficient (Wildman–Crippen LogP) is 3.64. The SMILES string of the molecule is CC(C)c1ccc(COc2ccc(S(=O)(=O)O)cc2)cc1. The van der Waals surface area contributed by atoms with E-state index in [2.05, 4.69) is 26.0 Å². The molecule has 0 unspecified atom stereocenters. The maximum atomic E-state index is 10.9. The molecule has 0 radical (unpaired) electrons. The fourth-order valence-electron chi connectivity index (χ4n) is 1.87. The van der Waals surface area contributed by atoms with Crippen molar-refractivity contribution >= 4 is 10.1 Å². The summed E-state index contributed by atoms with van der Waals surface area (Å²) in [6, 6.07) is 13.8. The molecule has 1 N–H and O–H groups in total. The molecular weight excluding hydrogens is 288 g/mol. The van der Waals surface area contributed by atoms with Crippen LogP contribution in [0.2, 0.25) is 0 Å². The second-order valence-electron chi connectivity index (χ2n) is 5.13. The first-order chi connectivity index (χ1) is 9.86. The van der Waals surface area contributed by atoms with Crippen molar-refractivity contribution < 1.29 is 17.7 Å². The zero-order chi connectivity index (χ0) is 15.5. The Balaban J connectivity index is 2.00. The van der Waals surface area contributed by atoms with E-state index in [1.807, 2.05) is 12.1 Å². The second kappa shape index (κ2) is 6.28. The van der Waals surface area contributed by atoms with Crippen molar-refractivity contribution in [3.05, 3.63) is 59.7 Å². The van der Waals surface area contributed by atoms with Crippen LogP contribution in [0.25, 0.3) is 0 Å². The molecule has 0 amide bonds. The van der Waals surface area contributed by atoms with Crippen molar-refractivity contribution in [1.29, 1.82) is 0 Å². The Morgan fingerprint density at radius 3 is 2.05 bits per heavy atom. The maximum Gasteiger partial charge on any atom is 0.294 e. The molecule has 0 atom stereocenters. The molecule has 2 aromatic rings. The van der Waals surface area contributed by atoms with E-state index in [-0.39, 0.29) is 4.90 Å². The lowest BCUT2D eigenvalue weighted by Gasteiger charge is -2.09. The number of ether oxygens (including phenoxy) is 1. The first kappa shape index (κ1) is 15.5. The smallest absolute Gasteiger partial charge is 0.294 e. The molecule has 0 saturated carbocycles. The first-order valence-corrected chi connectivity index (χ1v) is 8.09. The zero-order valence-corrected chi connectivity index (χ0v) is 12.8. The number of benzene rings is 2. The van der Waals surface area contributed by atoms with Crippen LogP contribution in [0.4, 0.5) is 0 Å². The van der Waals surface area contributed by atoms with Gasteiger partial charge < -0.3 is 4.74 Å². The van der Waals surface area contributed by atoms with Crippen molar-refractivity contribution in [3.8, 4) is 5.75 Å². The molecule has 21 heavy (non-hydrogen) atoms. The van der Waals surface area contributed by atoms with Gasteiger partial charge in [0.2, 0.25) is 0 Å². The molecule has 0 heterocycles. The summed E-state index contributed by atoms with van der Waals surface area (Å²) in [4.78, 5) is -0.142. The molecule has 0 aliphatic carbocycles.